The number of urea groups is 1. The smallest absolute Gasteiger partial charge is 0.319 e. The Hall–Kier alpha value is -3.23. The molecule has 1 aromatic heterocycles. The number of rotatable bonds is 4. The Balaban J connectivity index is 1.75. The fourth-order valence-corrected chi connectivity index (χ4v) is 3.06. The molecule has 148 valence electrons. The first-order chi connectivity index (χ1) is 13.0. The topological polar surface area (TPSA) is 96.3 Å². The van der Waals surface area contributed by atoms with Crippen LogP contribution in [0.5, 0.6) is 0 Å². The lowest BCUT2D eigenvalue weighted by molar-refractivity contribution is -0.133. The molecule has 2 aromatic rings. The summed E-state index contributed by atoms with van der Waals surface area (Å²) in [4.78, 5) is 42.5. The normalized spacial score (nSPS) is 19.7. The summed E-state index contributed by atoms with van der Waals surface area (Å²) < 4.78 is 15.0. The lowest BCUT2D eigenvalue weighted by atomic mass is 9.92. The molecular formula is C19H22FN5O3. The zero-order valence-corrected chi connectivity index (χ0v) is 16.1. The maximum atomic E-state index is 13.2. The number of nitrogens with zero attached hydrogens (tertiary/aromatic N) is 3. The first-order valence-corrected chi connectivity index (χ1v) is 8.76. The third-order valence-corrected chi connectivity index (χ3v) is 4.61. The van der Waals surface area contributed by atoms with Gasteiger partial charge in [0.15, 0.2) is 0 Å². The van der Waals surface area contributed by atoms with Gasteiger partial charge in [0.2, 0.25) is 11.9 Å². The highest BCUT2D eigenvalue weighted by Crippen LogP contribution is 2.29. The molecule has 1 unspecified atom stereocenters. The van der Waals surface area contributed by atoms with Crippen molar-refractivity contribution < 1.29 is 18.8 Å². The fourth-order valence-electron chi connectivity index (χ4n) is 3.06. The first-order valence-electron chi connectivity index (χ1n) is 8.76. The zero-order chi connectivity index (χ0) is 20.7. The van der Waals surface area contributed by atoms with E-state index in [1.54, 1.807) is 17.0 Å². The molecule has 1 fully saturated rings. The summed E-state index contributed by atoms with van der Waals surface area (Å²) in [5.74, 6) is -1.26. The molecule has 0 aliphatic carbocycles. The molecule has 1 aliphatic heterocycles. The van der Waals surface area contributed by atoms with Crippen molar-refractivity contribution in [3.8, 4) is 0 Å². The Morgan fingerprint density at radius 2 is 1.89 bits per heavy atom. The van der Waals surface area contributed by atoms with E-state index in [2.05, 4.69) is 15.6 Å². The van der Waals surface area contributed by atoms with E-state index in [0.29, 0.717) is 11.5 Å². The number of imide groups is 1. The molecular weight excluding hydrogens is 365 g/mol. The van der Waals surface area contributed by atoms with Crippen LogP contribution in [-0.2, 0) is 20.7 Å². The number of hydrogen-bond donors (Lipinski definition) is 2. The first kappa shape index (κ1) is 19.5. The van der Waals surface area contributed by atoms with E-state index in [4.69, 9.17) is 0 Å². The minimum Gasteiger partial charge on any atom is -0.319 e. The number of aromatic nitrogens is 2. The quantitative estimate of drug-likeness (QED) is 0.786. The van der Waals surface area contributed by atoms with E-state index < -0.39 is 35.7 Å². The van der Waals surface area contributed by atoms with Crippen molar-refractivity contribution in [1.82, 2.24) is 19.8 Å². The Kier molecular flexibility index (Phi) is 4.70. The summed E-state index contributed by atoms with van der Waals surface area (Å²) in [7, 11) is 0. The van der Waals surface area contributed by atoms with Crippen molar-refractivity contribution in [2.75, 3.05) is 11.9 Å². The SMILES string of the molecule is CC1(c2ccc(F)cc2)NC(=O)N(CC(=O)Nc2nccn2C(C)(C)C)C1=O. The van der Waals surface area contributed by atoms with Gasteiger partial charge in [-0.2, -0.15) is 0 Å². The molecule has 0 saturated carbocycles. The minimum absolute atomic E-state index is 0.304. The molecule has 8 nitrogen and oxygen atoms in total. The Morgan fingerprint density at radius 1 is 1.25 bits per heavy atom. The highest BCUT2D eigenvalue weighted by Gasteiger charge is 2.49. The van der Waals surface area contributed by atoms with Crippen LogP contribution >= 0.6 is 0 Å². The summed E-state index contributed by atoms with van der Waals surface area (Å²) in [6.45, 7) is 6.92. The van der Waals surface area contributed by atoms with E-state index in [1.165, 1.54) is 31.2 Å². The van der Waals surface area contributed by atoms with Crippen molar-refractivity contribution in [2.24, 2.45) is 0 Å². The van der Waals surface area contributed by atoms with Gasteiger partial charge in [-0.25, -0.2) is 14.2 Å². The summed E-state index contributed by atoms with van der Waals surface area (Å²) in [5, 5.41) is 5.21. The molecule has 9 heteroatoms. The number of carbonyl (C=O) groups is 3. The molecule has 0 spiro atoms. The van der Waals surface area contributed by atoms with Crippen molar-refractivity contribution in [1.29, 1.82) is 0 Å². The number of amides is 4. The molecule has 0 bridgehead atoms. The minimum atomic E-state index is -1.37. The number of carbonyl (C=O) groups excluding carboxylic acids is 3. The van der Waals surface area contributed by atoms with Gasteiger partial charge in [0, 0.05) is 17.9 Å². The average molecular weight is 387 g/mol. The second-order valence-electron chi connectivity index (χ2n) is 7.79. The van der Waals surface area contributed by atoms with Crippen LogP contribution in [0.25, 0.3) is 0 Å². The van der Waals surface area contributed by atoms with Crippen LogP contribution < -0.4 is 10.6 Å². The van der Waals surface area contributed by atoms with E-state index in [9.17, 15) is 18.8 Å². The summed E-state index contributed by atoms with van der Waals surface area (Å²) in [6, 6.07) is 4.59. The number of halogens is 1. The predicted octanol–water partition coefficient (Wildman–Crippen LogP) is 2.18. The molecule has 2 N–H and O–H groups in total. The van der Waals surface area contributed by atoms with Crippen LogP contribution in [0.2, 0.25) is 0 Å². The zero-order valence-electron chi connectivity index (χ0n) is 16.1. The van der Waals surface area contributed by atoms with Gasteiger partial charge in [-0.1, -0.05) is 12.1 Å². The molecule has 4 amide bonds. The number of benzene rings is 1. The van der Waals surface area contributed by atoms with Gasteiger partial charge in [-0.15, -0.1) is 0 Å². The van der Waals surface area contributed by atoms with E-state index >= 15 is 0 Å². The van der Waals surface area contributed by atoms with Crippen molar-refractivity contribution >= 4 is 23.8 Å². The Bertz CT molecular complexity index is 932. The third kappa shape index (κ3) is 3.47. The van der Waals surface area contributed by atoms with Gasteiger partial charge in [-0.3, -0.25) is 19.8 Å². The monoisotopic (exact) mass is 387 g/mol. The van der Waals surface area contributed by atoms with E-state index in [1.807, 2.05) is 20.8 Å². The molecule has 3 rings (SSSR count). The molecule has 1 saturated heterocycles. The van der Waals surface area contributed by atoms with Crippen LogP contribution in [0, 0.1) is 5.82 Å². The van der Waals surface area contributed by atoms with Crippen LogP contribution in [0.3, 0.4) is 0 Å². The van der Waals surface area contributed by atoms with Crippen molar-refractivity contribution in [2.45, 2.75) is 38.8 Å². The maximum absolute atomic E-state index is 13.2. The van der Waals surface area contributed by atoms with E-state index in [-0.39, 0.29) is 5.54 Å². The van der Waals surface area contributed by atoms with Crippen LogP contribution in [-0.4, -0.2) is 38.8 Å². The summed E-state index contributed by atoms with van der Waals surface area (Å²) >= 11 is 0. The molecule has 0 radical (unpaired) electrons. The van der Waals surface area contributed by atoms with Crippen LogP contribution in [0.15, 0.2) is 36.7 Å². The van der Waals surface area contributed by atoms with Gasteiger partial charge in [0.1, 0.15) is 17.9 Å². The van der Waals surface area contributed by atoms with Gasteiger partial charge in [0.05, 0.1) is 0 Å². The lowest BCUT2D eigenvalue weighted by Crippen LogP contribution is -2.42. The molecule has 1 aliphatic rings. The number of imidazole rings is 1. The highest BCUT2D eigenvalue weighted by atomic mass is 19.1. The van der Waals surface area contributed by atoms with Gasteiger partial charge >= 0.3 is 6.03 Å². The molecule has 1 atom stereocenters. The maximum Gasteiger partial charge on any atom is 0.325 e. The van der Waals surface area contributed by atoms with Crippen LogP contribution in [0.1, 0.15) is 33.3 Å². The molecule has 1 aromatic carbocycles. The largest absolute Gasteiger partial charge is 0.325 e. The van der Waals surface area contributed by atoms with Gasteiger partial charge < -0.3 is 9.88 Å². The highest BCUT2D eigenvalue weighted by molar-refractivity contribution is 6.10. The standard InChI is InChI=1S/C19H22FN5O3/c1-18(2,3)25-10-9-21-16(25)22-14(26)11-24-15(27)19(4,23-17(24)28)12-5-7-13(20)8-6-12/h5-10H,11H2,1-4H3,(H,23,28)(H,21,22,26). The fraction of sp³-hybridized carbons (Fsp3) is 0.368. The Labute approximate surface area is 161 Å². The van der Waals surface area contributed by atoms with E-state index in [0.717, 1.165) is 4.90 Å². The summed E-state index contributed by atoms with van der Waals surface area (Å²) in [5.41, 5.74) is -1.24. The number of nitrogens with one attached hydrogen (secondary N) is 2. The lowest BCUT2D eigenvalue weighted by Gasteiger charge is -2.24. The van der Waals surface area contributed by atoms with Crippen LogP contribution in [0.4, 0.5) is 15.1 Å². The second kappa shape index (κ2) is 6.74. The van der Waals surface area contributed by atoms with Crippen molar-refractivity contribution in [3.63, 3.8) is 0 Å². The third-order valence-electron chi connectivity index (χ3n) is 4.61. The molecule has 28 heavy (non-hydrogen) atoms. The predicted molar refractivity (Wildman–Crippen MR) is 99.8 cm³/mol. The number of hydrogen-bond acceptors (Lipinski definition) is 4. The van der Waals surface area contributed by atoms with Crippen molar-refractivity contribution in [3.05, 3.63) is 48.0 Å². The average Bonchev–Trinajstić information content (AvgIpc) is 3.14. The summed E-state index contributed by atoms with van der Waals surface area (Å²) in [6.07, 6.45) is 3.29. The molecule has 2 heterocycles. The van der Waals surface area contributed by atoms with Gasteiger partial charge in [-0.05, 0) is 45.4 Å². The number of anilines is 1. The van der Waals surface area contributed by atoms with Gasteiger partial charge in [0.25, 0.3) is 5.91 Å². The Morgan fingerprint density at radius 3 is 2.50 bits per heavy atom. The second-order valence-corrected chi connectivity index (χ2v) is 7.79.